The summed E-state index contributed by atoms with van der Waals surface area (Å²) >= 11 is 0. The van der Waals surface area contributed by atoms with E-state index in [1.54, 1.807) is 0 Å². The Hall–Kier alpha value is 0.430. The fourth-order valence-electron chi connectivity index (χ4n) is 1.22. The molecule has 0 saturated heterocycles. The Balaban J connectivity index is 4.02. The molecule has 1 heteroatoms. The Morgan fingerprint density at radius 1 is 1.40 bits per heavy atom. The van der Waals surface area contributed by atoms with Gasteiger partial charge in [0, 0.05) is 0 Å². The minimum absolute atomic E-state index is 0.620. The van der Waals surface area contributed by atoms with Crippen molar-refractivity contribution in [2.24, 2.45) is 5.92 Å². The maximum absolute atomic E-state index is 2.42. The predicted molar refractivity (Wildman–Crippen MR) is 52.4 cm³/mol. The second-order valence-corrected chi connectivity index (χ2v) is 4.97. The summed E-state index contributed by atoms with van der Waals surface area (Å²) in [5.41, 5.74) is 0. The molecule has 0 amide bonds. The lowest BCUT2D eigenvalue weighted by Gasteiger charge is -2.33. The van der Waals surface area contributed by atoms with E-state index in [1.165, 1.54) is 12.8 Å². The van der Waals surface area contributed by atoms with Crippen LogP contribution in [0.3, 0.4) is 0 Å². The number of hydrogen-bond acceptors (Lipinski definition) is 0. The molecule has 0 fully saturated rings. The van der Waals surface area contributed by atoms with Crippen LogP contribution in [0.2, 0.25) is 0 Å². The molecule has 0 saturated carbocycles. The molecule has 10 heavy (non-hydrogen) atoms. The lowest BCUT2D eigenvalue weighted by atomic mass is 9.90. The smallest absolute Gasteiger partial charge is 0.0130 e. The van der Waals surface area contributed by atoms with Gasteiger partial charge in [-0.05, 0) is 24.2 Å². The predicted octanol–water partition coefficient (Wildman–Crippen LogP) is 3.51. The standard InChI is InChI=1S/C9H21P/c1-6-8(3)9(4,7-2)10-5/h8,10H,6-7H2,1-5H3. The molecule has 0 aromatic heterocycles. The molecule has 0 aromatic rings. The van der Waals surface area contributed by atoms with Gasteiger partial charge in [0.25, 0.3) is 0 Å². The van der Waals surface area contributed by atoms with E-state index in [-0.39, 0.29) is 0 Å². The average molecular weight is 160 g/mol. The Kier molecular flexibility index (Phi) is 4.52. The zero-order chi connectivity index (χ0) is 8.20. The lowest BCUT2D eigenvalue weighted by molar-refractivity contribution is 0.406. The molecule has 3 unspecified atom stereocenters. The van der Waals surface area contributed by atoms with E-state index in [2.05, 4.69) is 34.4 Å². The van der Waals surface area contributed by atoms with E-state index in [1.807, 2.05) is 0 Å². The second-order valence-electron chi connectivity index (χ2n) is 3.33. The fourth-order valence-corrected chi connectivity index (χ4v) is 2.27. The first-order valence-electron chi connectivity index (χ1n) is 4.29. The van der Waals surface area contributed by atoms with Crippen LogP contribution in [0.4, 0.5) is 0 Å². The van der Waals surface area contributed by atoms with Crippen molar-refractivity contribution in [3.63, 3.8) is 0 Å². The average Bonchev–Trinajstić information content (AvgIpc) is 2.01. The molecule has 0 aliphatic rings. The third kappa shape index (κ3) is 2.23. The molecule has 0 heterocycles. The van der Waals surface area contributed by atoms with Gasteiger partial charge >= 0.3 is 0 Å². The van der Waals surface area contributed by atoms with Crippen molar-refractivity contribution in [3.8, 4) is 0 Å². The summed E-state index contributed by atoms with van der Waals surface area (Å²) in [6.07, 6.45) is 2.65. The van der Waals surface area contributed by atoms with Crippen LogP contribution in [-0.4, -0.2) is 11.8 Å². The molecule has 0 bridgehead atoms. The molecule has 0 rings (SSSR count). The third-order valence-electron chi connectivity index (χ3n) is 3.01. The van der Waals surface area contributed by atoms with Crippen molar-refractivity contribution in [2.75, 3.05) is 6.66 Å². The van der Waals surface area contributed by atoms with Gasteiger partial charge < -0.3 is 0 Å². The second kappa shape index (κ2) is 4.34. The van der Waals surface area contributed by atoms with E-state index in [0.717, 1.165) is 14.5 Å². The van der Waals surface area contributed by atoms with Crippen molar-refractivity contribution < 1.29 is 0 Å². The van der Waals surface area contributed by atoms with E-state index in [9.17, 15) is 0 Å². The highest BCUT2D eigenvalue weighted by atomic mass is 31.1. The molecular weight excluding hydrogens is 139 g/mol. The summed E-state index contributed by atoms with van der Waals surface area (Å²) in [6, 6.07) is 0. The van der Waals surface area contributed by atoms with Crippen LogP contribution in [-0.2, 0) is 0 Å². The highest BCUT2D eigenvalue weighted by Gasteiger charge is 2.25. The zero-order valence-corrected chi connectivity index (χ0v) is 8.99. The monoisotopic (exact) mass is 160 g/mol. The number of hydrogen-bond donors (Lipinski definition) is 0. The van der Waals surface area contributed by atoms with Crippen LogP contribution < -0.4 is 0 Å². The van der Waals surface area contributed by atoms with Gasteiger partial charge in [-0.2, -0.15) is 0 Å². The zero-order valence-electron chi connectivity index (χ0n) is 7.99. The van der Waals surface area contributed by atoms with Crippen LogP contribution >= 0.6 is 8.58 Å². The van der Waals surface area contributed by atoms with Gasteiger partial charge in [0.15, 0.2) is 0 Å². The summed E-state index contributed by atoms with van der Waals surface area (Å²) < 4.78 is 0. The molecule has 0 radical (unpaired) electrons. The van der Waals surface area contributed by atoms with E-state index in [4.69, 9.17) is 0 Å². The van der Waals surface area contributed by atoms with Gasteiger partial charge in [-0.1, -0.05) is 34.1 Å². The van der Waals surface area contributed by atoms with E-state index < -0.39 is 0 Å². The first kappa shape index (κ1) is 10.4. The van der Waals surface area contributed by atoms with Gasteiger partial charge in [0.1, 0.15) is 0 Å². The molecule has 0 nitrogen and oxygen atoms in total. The molecule has 0 spiro atoms. The summed E-state index contributed by atoms with van der Waals surface area (Å²) in [7, 11) is 1.09. The SMILES string of the molecule is CCC(C)C(C)(CC)PC. The van der Waals surface area contributed by atoms with Crippen molar-refractivity contribution in [1.82, 2.24) is 0 Å². The van der Waals surface area contributed by atoms with Crippen LogP contribution in [0.15, 0.2) is 0 Å². The van der Waals surface area contributed by atoms with Crippen LogP contribution in [0.1, 0.15) is 40.5 Å². The Bertz CT molecular complexity index is 84.7. The molecule has 0 N–H and O–H groups in total. The normalized spacial score (nSPS) is 21.3. The largest absolute Gasteiger partial charge is 0.119 e. The van der Waals surface area contributed by atoms with Gasteiger partial charge in [0.05, 0.1) is 0 Å². The lowest BCUT2D eigenvalue weighted by Crippen LogP contribution is -2.25. The van der Waals surface area contributed by atoms with Gasteiger partial charge in [-0.3, -0.25) is 0 Å². The molecule has 0 aromatic carbocycles. The van der Waals surface area contributed by atoms with Crippen molar-refractivity contribution in [2.45, 2.75) is 45.7 Å². The van der Waals surface area contributed by atoms with E-state index in [0.29, 0.717) is 5.16 Å². The Labute approximate surface area is 67.6 Å². The molecule has 0 aliphatic heterocycles. The quantitative estimate of drug-likeness (QED) is 0.552. The highest BCUT2D eigenvalue weighted by Crippen LogP contribution is 2.39. The topological polar surface area (TPSA) is 0 Å². The van der Waals surface area contributed by atoms with E-state index >= 15 is 0 Å². The fraction of sp³-hybridized carbons (Fsp3) is 1.00. The van der Waals surface area contributed by atoms with Gasteiger partial charge in [-0.15, -0.1) is 8.58 Å². The highest BCUT2D eigenvalue weighted by molar-refractivity contribution is 7.39. The van der Waals surface area contributed by atoms with Crippen molar-refractivity contribution in [1.29, 1.82) is 0 Å². The molecule has 3 atom stereocenters. The molecule has 62 valence electrons. The summed E-state index contributed by atoms with van der Waals surface area (Å²) in [6.45, 7) is 11.7. The summed E-state index contributed by atoms with van der Waals surface area (Å²) in [5.74, 6) is 0.890. The maximum atomic E-state index is 2.42. The van der Waals surface area contributed by atoms with Gasteiger partial charge in [-0.25, -0.2) is 0 Å². The molecule has 0 aliphatic carbocycles. The van der Waals surface area contributed by atoms with Gasteiger partial charge in [0.2, 0.25) is 0 Å². The van der Waals surface area contributed by atoms with Crippen LogP contribution in [0.25, 0.3) is 0 Å². The maximum Gasteiger partial charge on any atom is -0.0130 e. The minimum Gasteiger partial charge on any atom is -0.119 e. The van der Waals surface area contributed by atoms with Crippen molar-refractivity contribution in [3.05, 3.63) is 0 Å². The van der Waals surface area contributed by atoms with Crippen LogP contribution in [0, 0.1) is 5.92 Å². The first-order valence-corrected chi connectivity index (χ1v) is 5.79. The number of rotatable bonds is 4. The summed E-state index contributed by atoms with van der Waals surface area (Å²) in [5, 5.41) is 0.620. The first-order chi connectivity index (χ1) is 4.60. The third-order valence-corrected chi connectivity index (χ3v) is 4.99. The van der Waals surface area contributed by atoms with Crippen molar-refractivity contribution >= 4 is 8.58 Å². The van der Waals surface area contributed by atoms with Crippen LogP contribution in [0.5, 0.6) is 0 Å². The minimum atomic E-state index is 0.620. The summed E-state index contributed by atoms with van der Waals surface area (Å²) in [4.78, 5) is 0. The molecular formula is C9H21P. The Morgan fingerprint density at radius 3 is 2.00 bits per heavy atom. The Morgan fingerprint density at radius 2 is 1.90 bits per heavy atom.